The van der Waals surface area contributed by atoms with E-state index in [0.29, 0.717) is 4.90 Å². The molecule has 0 aromatic heterocycles. The fraction of sp³-hybridized carbons (Fsp3) is 0.500. The van der Waals surface area contributed by atoms with E-state index in [0.717, 1.165) is 12.1 Å². The third-order valence-electron chi connectivity index (χ3n) is 3.26. The van der Waals surface area contributed by atoms with E-state index in [9.17, 15) is 8.42 Å². The molecule has 1 atom stereocenters. The Kier molecular flexibility index (Phi) is 2.91. The van der Waals surface area contributed by atoms with E-state index in [1.54, 1.807) is 31.3 Å². The predicted octanol–water partition coefficient (Wildman–Crippen LogP) is 1.81. The molecule has 0 saturated heterocycles. The van der Waals surface area contributed by atoms with E-state index in [-0.39, 0.29) is 11.5 Å². The maximum atomic E-state index is 12.0. The van der Waals surface area contributed by atoms with E-state index in [2.05, 4.69) is 23.9 Å². The first-order valence-corrected chi connectivity index (χ1v) is 7.14. The van der Waals surface area contributed by atoms with Gasteiger partial charge in [0.1, 0.15) is 0 Å². The van der Waals surface area contributed by atoms with Gasteiger partial charge in [-0.1, -0.05) is 13.8 Å². The van der Waals surface area contributed by atoms with Crippen LogP contribution in [0.3, 0.4) is 0 Å². The SMILES string of the molecule is CNc1ccc(S(=O)(=O)NC2CC2(C)C)cc1. The summed E-state index contributed by atoms with van der Waals surface area (Å²) in [5.41, 5.74) is 0.994. The lowest BCUT2D eigenvalue weighted by Crippen LogP contribution is -2.28. The highest BCUT2D eigenvalue weighted by molar-refractivity contribution is 7.89. The lowest BCUT2D eigenvalue weighted by atomic mass is 10.2. The quantitative estimate of drug-likeness (QED) is 0.861. The largest absolute Gasteiger partial charge is 0.388 e. The molecule has 0 amide bonds. The molecule has 0 aliphatic heterocycles. The monoisotopic (exact) mass is 254 g/mol. The van der Waals surface area contributed by atoms with E-state index in [1.165, 1.54) is 0 Å². The summed E-state index contributed by atoms with van der Waals surface area (Å²) in [4.78, 5) is 0.319. The Morgan fingerprint density at radius 3 is 2.18 bits per heavy atom. The molecule has 0 spiro atoms. The third-order valence-corrected chi connectivity index (χ3v) is 4.75. The average Bonchev–Trinajstić information content (AvgIpc) is 2.85. The minimum Gasteiger partial charge on any atom is -0.388 e. The summed E-state index contributed by atoms with van der Waals surface area (Å²) in [5.74, 6) is 0. The van der Waals surface area contributed by atoms with Crippen molar-refractivity contribution >= 4 is 15.7 Å². The lowest BCUT2D eigenvalue weighted by Gasteiger charge is -2.08. The van der Waals surface area contributed by atoms with Crippen LogP contribution in [0.4, 0.5) is 5.69 Å². The summed E-state index contributed by atoms with van der Waals surface area (Å²) in [5, 5.41) is 2.96. The van der Waals surface area contributed by atoms with Gasteiger partial charge in [0.25, 0.3) is 0 Å². The van der Waals surface area contributed by atoms with Crippen LogP contribution in [-0.4, -0.2) is 21.5 Å². The van der Waals surface area contributed by atoms with Crippen LogP contribution in [0.25, 0.3) is 0 Å². The molecule has 1 aliphatic carbocycles. The van der Waals surface area contributed by atoms with Crippen LogP contribution < -0.4 is 10.0 Å². The normalized spacial score (nSPS) is 22.2. The van der Waals surface area contributed by atoms with Crippen molar-refractivity contribution in [2.45, 2.75) is 31.2 Å². The van der Waals surface area contributed by atoms with Crippen LogP contribution in [0.15, 0.2) is 29.2 Å². The van der Waals surface area contributed by atoms with Crippen LogP contribution >= 0.6 is 0 Å². The van der Waals surface area contributed by atoms with Gasteiger partial charge >= 0.3 is 0 Å². The number of hydrogen-bond acceptors (Lipinski definition) is 3. The maximum Gasteiger partial charge on any atom is 0.240 e. The number of hydrogen-bond donors (Lipinski definition) is 2. The van der Waals surface area contributed by atoms with Crippen molar-refractivity contribution in [3.63, 3.8) is 0 Å². The summed E-state index contributed by atoms with van der Waals surface area (Å²) in [6, 6.07) is 6.81. The molecule has 1 aliphatic rings. The maximum absolute atomic E-state index is 12.0. The first-order chi connectivity index (χ1) is 7.85. The highest BCUT2D eigenvalue weighted by Gasteiger charge is 2.47. The fourth-order valence-electron chi connectivity index (χ4n) is 1.72. The number of sulfonamides is 1. The second-order valence-electron chi connectivity index (χ2n) is 5.14. The van der Waals surface area contributed by atoms with Gasteiger partial charge in [-0.3, -0.25) is 0 Å². The molecule has 5 heteroatoms. The zero-order valence-electron chi connectivity index (χ0n) is 10.3. The molecule has 17 heavy (non-hydrogen) atoms. The second kappa shape index (κ2) is 3.99. The van der Waals surface area contributed by atoms with Gasteiger partial charge in [-0.05, 0) is 36.1 Å². The Morgan fingerprint density at radius 1 is 1.24 bits per heavy atom. The van der Waals surface area contributed by atoms with Crippen molar-refractivity contribution in [1.29, 1.82) is 0 Å². The zero-order chi connectivity index (χ0) is 12.7. The Hall–Kier alpha value is -1.07. The van der Waals surface area contributed by atoms with Gasteiger partial charge < -0.3 is 5.32 Å². The molecule has 4 nitrogen and oxygen atoms in total. The fourth-order valence-corrected chi connectivity index (χ4v) is 3.13. The topological polar surface area (TPSA) is 58.2 Å². The molecule has 0 bridgehead atoms. The van der Waals surface area contributed by atoms with Gasteiger partial charge in [0.05, 0.1) is 4.90 Å². The molecule has 1 aromatic carbocycles. The van der Waals surface area contributed by atoms with Crippen molar-refractivity contribution in [2.24, 2.45) is 5.41 Å². The van der Waals surface area contributed by atoms with E-state index in [4.69, 9.17) is 0 Å². The van der Waals surface area contributed by atoms with Crippen molar-refractivity contribution in [3.8, 4) is 0 Å². The first kappa shape index (κ1) is 12.4. The molecule has 2 N–H and O–H groups in total. The summed E-state index contributed by atoms with van der Waals surface area (Å²) in [6.45, 7) is 4.12. The number of benzene rings is 1. The summed E-state index contributed by atoms with van der Waals surface area (Å²) >= 11 is 0. The Labute approximate surface area is 102 Å². The standard InChI is InChI=1S/C12H18N2O2S/c1-12(2)8-11(12)14-17(15,16)10-6-4-9(13-3)5-7-10/h4-7,11,13-14H,8H2,1-3H3. The Balaban J connectivity index is 2.14. The third kappa shape index (κ3) is 2.61. The lowest BCUT2D eigenvalue weighted by molar-refractivity contribution is 0.555. The summed E-state index contributed by atoms with van der Waals surface area (Å²) < 4.78 is 26.8. The average molecular weight is 254 g/mol. The van der Waals surface area contributed by atoms with Gasteiger partial charge in [-0.15, -0.1) is 0 Å². The van der Waals surface area contributed by atoms with E-state index >= 15 is 0 Å². The van der Waals surface area contributed by atoms with Gasteiger partial charge in [0, 0.05) is 18.8 Å². The molecule has 0 heterocycles. The molecular weight excluding hydrogens is 236 g/mol. The predicted molar refractivity (Wildman–Crippen MR) is 68.5 cm³/mol. The van der Waals surface area contributed by atoms with Gasteiger partial charge in [0.15, 0.2) is 0 Å². The minimum atomic E-state index is -3.37. The van der Waals surface area contributed by atoms with Crippen LogP contribution in [-0.2, 0) is 10.0 Å². The smallest absolute Gasteiger partial charge is 0.240 e. The van der Waals surface area contributed by atoms with Crippen LogP contribution in [0.1, 0.15) is 20.3 Å². The minimum absolute atomic E-state index is 0.0662. The second-order valence-corrected chi connectivity index (χ2v) is 6.85. The Morgan fingerprint density at radius 2 is 1.76 bits per heavy atom. The molecule has 94 valence electrons. The molecular formula is C12H18N2O2S. The molecule has 2 rings (SSSR count). The van der Waals surface area contributed by atoms with Crippen LogP contribution in [0, 0.1) is 5.41 Å². The van der Waals surface area contributed by atoms with E-state index < -0.39 is 10.0 Å². The molecule has 1 unspecified atom stereocenters. The first-order valence-electron chi connectivity index (χ1n) is 5.65. The highest BCUT2D eigenvalue weighted by atomic mass is 32.2. The summed E-state index contributed by atoms with van der Waals surface area (Å²) in [7, 11) is -1.57. The molecule has 1 aromatic rings. The van der Waals surface area contributed by atoms with Crippen molar-refractivity contribution < 1.29 is 8.42 Å². The van der Waals surface area contributed by atoms with Crippen molar-refractivity contribution in [2.75, 3.05) is 12.4 Å². The van der Waals surface area contributed by atoms with E-state index in [1.807, 2.05) is 0 Å². The molecule has 0 radical (unpaired) electrons. The van der Waals surface area contributed by atoms with Crippen LogP contribution in [0.5, 0.6) is 0 Å². The van der Waals surface area contributed by atoms with Gasteiger partial charge in [0.2, 0.25) is 10.0 Å². The zero-order valence-corrected chi connectivity index (χ0v) is 11.1. The summed E-state index contributed by atoms with van der Waals surface area (Å²) in [6.07, 6.45) is 0.904. The number of rotatable bonds is 4. The van der Waals surface area contributed by atoms with Crippen molar-refractivity contribution in [3.05, 3.63) is 24.3 Å². The number of anilines is 1. The highest BCUT2D eigenvalue weighted by Crippen LogP contribution is 2.45. The molecule has 1 fully saturated rings. The van der Waals surface area contributed by atoms with Crippen molar-refractivity contribution in [1.82, 2.24) is 4.72 Å². The van der Waals surface area contributed by atoms with Gasteiger partial charge in [-0.2, -0.15) is 0 Å². The number of nitrogens with one attached hydrogen (secondary N) is 2. The van der Waals surface area contributed by atoms with Crippen LogP contribution in [0.2, 0.25) is 0 Å². The van der Waals surface area contributed by atoms with Gasteiger partial charge in [-0.25, -0.2) is 13.1 Å². The Bertz CT molecular complexity index is 506. The molecule has 1 saturated carbocycles.